The van der Waals surface area contributed by atoms with E-state index in [4.69, 9.17) is 0 Å². The Hall–Kier alpha value is -3.50. The summed E-state index contributed by atoms with van der Waals surface area (Å²) in [4.78, 5) is 12.0. The fraction of sp³-hybridized carbons (Fsp3) is 0.167. The molecule has 0 aliphatic heterocycles. The van der Waals surface area contributed by atoms with Gasteiger partial charge in [-0.05, 0) is 43.3 Å². The molecule has 2 rings (SSSR count). The molecule has 0 radical (unpaired) electrons. The topological polar surface area (TPSA) is 80.5 Å². The van der Waals surface area contributed by atoms with Gasteiger partial charge in [0.2, 0.25) is 5.70 Å². The first-order chi connectivity index (χ1) is 13.6. The van der Waals surface area contributed by atoms with E-state index >= 15 is 0 Å². The van der Waals surface area contributed by atoms with Crippen molar-refractivity contribution < 1.29 is 41.3 Å². The quantitative estimate of drug-likeness (QED) is 0.224. The lowest BCUT2D eigenvalue weighted by atomic mass is 10.1. The van der Waals surface area contributed by atoms with Crippen LogP contribution in [0.1, 0.15) is 12.5 Å². The molecule has 0 saturated carbocycles. The minimum absolute atomic E-state index is 0.0388. The van der Waals surface area contributed by atoms with Crippen molar-refractivity contribution in [1.82, 2.24) is 0 Å². The molecule has 0 heterocycles. The number of alkyl halides is 3. The molecule has 29 heavy (non-hydrogen) atoms. The molecule has 0 saturated heterocycles. The highest BCUT2D eigenvalue weighted by atomic mass is 19.4. The number of aliphatic hydroxyl groups is 1. The average molecular weight is 416 g/mol. The number of ether oxygens (including phenoxy) is 2. The van der Waals surface area contributed by atoms with Gasteiger partial charge in [0.15, 0.2) is 5.76 Å². The van der Waals surface area contributed by atoms with Crippen molar-refractivity contribution in [2.75, 3.05) is 6.61 Å². The Kier molecular flexibility index (Phi) is 6.86. The Balaban J connectivity index is 2.40. The fourth-order valence-electron chi connectivity index (χ4n) is 2.05. The van der Waals surface area contributed by atoms with Crippen LogP contribution in [-0.4, -0.2) is 24.0 Å². The maximum atomic E-state index is 13.9. The van der Waals surface area contributed by atoms with E-state index in [2.05, 4.69) is 19.7 Å². The summed E-state index contributed by atoms with van der Waals surface area (Å²) in [7, 11) is 0. The number of aliphatic hydroxyl groups excluding tert-OH is 1. The summed E-state index contributed by atoms with van der Waals surface area (Å²) in [6.45, 7) is 1.32. The van der Waals surface area contributed by atoms with Gasteiger partial charge >= 0.3 is 12.3 Å². The second-order valence-electron chi connectivity index (χ2n) is 5.26. The summed E-state index contributed by atoms with van der Waals surface area (Å²) < 4.78 is 72.6. The van der Waals surface area contributed by atoms with Crippen molar-refractivity contribution in [3.05, 3.63) is 65.4 Å². The van der Waals surface area contributed by atoms with E-state index in [9.17, 15) is 31.9 Å². The Labute approximate surface area is 160 Å². The highest BCUT2D eigenvalue weighted by molar-refractivity contribution is 5.95. The minimum Gasteiger partial charge on any atom is -0.505 e. The minimum atomic E-state index is -4.88. The van der Waals surface area contributed by atoms with Gasteiger partial charge in [-0.25, -0.2) is 13.6 Å². The van der Waals surface area contributed by atoms with Crippen LogP contribution in [0, 0.1) is 11.6 Å². The summed E-state index contributed by atoms with van der Waals surface area (Å²) >= 11 is 0. The Morgan fingerprint density at radius 3 is 2.17 bits per heavy atom. The lowest BCUT2D eigenvalue weighted by molar-refractivity contribution is -0.274. The number of halogens is 5. The van der Waals surface area contributed by atoms with E-state index in [1.807, 2.05) is 0 Å². The summed E-state index contributed by atoms with van der Waals surface area (Å²) in [6.07, 6.45) is -4.88. The van der Waals surface area contributed by atoms with Gasteiger partial charge in [0.1, 0.15) is 17.4 Å². The third kappa shape index (κ3) is 5.99. The summed E-state index contributed by atoms with van der Waals surface area (Å²) in [5.41, 5.74) is -1.85. The normalized spacial score (nSPS) is 12.6. The molecule has 1 N–H and O–H groups in total. The largest absolute Gasteiger partial charge is 0.573 e. The van der Waals surface area contributed by atoms with Crippen LogP contribution >= 0.6 is 0 Å². The average Bonchev–Trinajstić information content (AvgIpc) is 2.62. The first-order valence-electron chi connectivity index (χ1n) is 7.94. The van der Waals surface area contributed by atoms with E-state index in [-0.39, 0.29) is 12.3 Å². The standard InChI is InChI=1S/C18H13F5N2O4/c1-2-28-17(27)15(16(26)14-12(19)4-3-5-13(14)20)25-24-10-6-8-11(9-7-10)29-18(21,22)23/h3-9,26H,2H2,1H3/b16-15+,25-24?. The molecule has 0 aliphatic carbocycles. The van der Waals surface area contributed by atoms with Crippen molar-refractivity contribution in [3.8, 4) is 5.75 Å². The van der Waals surface area contributed by atoms with Gasteiger partial charge in [-0.2, -0.15) is 5.11 Å². The number of azo groups is 1. The lowest BCUT2D eigenvalue weighted by Gasteiger charge is -2.08. The number of nitrogens with zero attached hydrogens (tertiary/aromatic N) is 2. The first-order valence-corrected chi connectivity index (χ1v) is 7.94. The number of hydrogen-bond donors (Lipinski definition) is 1. The molecule has 6 nitrogen and oxygen atoms in total. The van der Waals surface area contributed by atoms with Crippen LogP contribution in [0.3, 0.4) is 0 Å². The lowest BCUT2D eigenvalue weighted by Crippen LogP contribution is -2.16. The number of carbonyl (C=O) groups excluding carboxylic acids is 1. The molecule has 2 aromatic carbocycles. The number of rotatable bonds is 6. The summed E-state index contributed by atoms with van der Waals surface area (Å²) in [6, 6.07) is 6.79. The first kappa shape index (κ1) is 21.8. The number of benzene rings is 2. The molecule has 0 fully saturated rings. The van der Waals surface area contributed by atoms with Crippen LogP contribution in [0.2, 0.25) is 0 Å². The highest BCUT2D eigenvalue weighted by Gasteiger charge is 2.31. The van der Waals surface area contributed by atoms with Crippen LogP contribution in [0.15, 0.2) is 58.4 Å². The van der Waals surface area contributed by atoms with E-state index < -0.39 is 46.7 Å². The van der Waals surface area contributed by atoms with E-state index in [1.165, 1.54) is 6.92 Å². The molecule has 11 heteroatoms. The molecule has 0 unspecified atom stereocenters. The van der Waals surface area contributed by atoms with E-state index in [0.29, 0.717) is 0 Å². The van der Waals surface area contributed by atoms with Gasteiger partial charge in [-0.15, -0.1) is 18.3 Å². The van der Waals surface area contributed by atoms with E-state index in [1.54, 1.807) is 0 Å². The van der Waals surface area contributed by atoms with Gasteiger partial charge in [-0.1, -0.05) is 6.07 Å². The molecule has 0 aromatic heterocycles. The molecular weight excluding hydrogens is 403 g/mol. The SMILES string of the molecule is CCOC(=O)/C(N=Nc1ccc(OC(F)(F)F)cc1)=C(\O)c1c(F)cccc1F. The predicted octanol–water partition coefficient (Wildman–Crippen LogP) is 5.44. The van der Waals surface area contributed by atoms with Crippen LogP contribution in [-0.2, 0) is 9.53 Å². The third-order valence-corrected chi connectivity index (χ3v) is 3.23. The summed E-state index contributed by atoms with van der Waals surface area (Å²) in [5.74, 6) is -5.21. The molecular formula is C18H13F5N2O4. The zero-order chi connectivity index (χ0) is 21.6. The van der Waals surface area contributed by atoms with Crippen LogP contribution in [0.4, 0.5) is 27.6 Å². The van der Waals surface area contributed by atoms with Gasteiger partial charge < -0.3 is 14.6 Å². The van der Waals surface area contributed by atoms with Crippen LogP contribution in [0.25, 0.3) is 5.76 Å². The van der Waals surface area contributed by atoms with Crippen LogP contribution < -0.4 is 4.74 Å². The van der Waals surface area contributed by atoms with Gasteiger partial charge in [0.25, 0.3) is 0 Å². The molecule has 0 amide bonds. The molecule has 154 valence electrons. The third-order valence-electron chi connectivity index (χ3n) is 3.23. The monoisotopic (exact) mass is 416 g/mol. The van der Waals surface area contributed by atoms with Crippen LogP contribution in [0.5, 0.6) is 5.75 Å². The molecule has 0 spiro atoms. The highest BCUT2D eigenvalue weighted by Crippen LogP contribution is 2.27. The smallest absolute Gasteiger partial charge is 0.505 e. The van der Waals surface area contributed by atoms with Crippen molar-refractivity contribution in [2.45, 2.75) is 13.3 Å². The second-order valence-corrected chi connectivity index (χ2v) is 5.26. The second kappa shape index (κ2) is 9.13. The molecule has 0 bridgehead atoms. The Bertz CT molecular complexity index is 920. The maximum absolute atomic E-state index is 13.9. The zero-order valence-electron chi connectivity index (χ0n) is 14.7. The number of esters is 1. The maximum Gasteiger partial charge on any atom is 0.573 e. The van der Waals surface area contributed by atoms with Crippen molar-refractivity contribution in [3.63, 3.8) is 0 Å². The van der Waals surface area contributed by atoms with E-state index in [0.717, 1.165) is 42.5 Å². The molecule has 2 aromatic rings. The zero-order valence-corrected chi connectivity index (χ0v) is 14.7. The summed E-state index contributed by atoms with van der Waals surface area (Å²) in [5, 5.41) is 17.2. The molecule has 0 atom stereocenters. The van der Waals surface area contributed by atoms with Gasteiger partial charge in [0, 0.05) is 0 Å². The number of carbonyl (C=O) groups is 1. The fourth-order valence-corrected chi connectivity index (χ4v) is 2.05. The number of hydrogen-bond acceptors (Lipinski definition) is 6. The Morgan fingerprint density at radius 1 is 1.07 bits per heavy atom. The van der Waals surface area contributed by atoms with Crippen molar-refractivity contribution >= 4 is 17.4 Å². The van der Waals surface area contributed by atoms with Crippen molar-refractivity contribution in [1.29, 1.82) is 0 Å². The van der Waals surface area contributed by atoms with Gasteiger partial charge in [0.05, 0.1) is 17.9 Å². The Morgan fingerprint density at radius 2 is 1.66 bits per heavy atom. The van der Waals surface area contributed by atoms with Crippen molar-refractivity contribution in [2.24, 2.45) is 10.2 Å². The predicted molar refractivity (Wildman–Crippen MR) is 90.2 cm³/mol. The van der Waals surface area contributed by atoms with Gasteiger partial charge in [-0.3, -0.25) is 0 Å². The molecule has 0 aliphatic rings.